The van der Waals surface area contributed by atoms with Crippen LogP contribution >= 0.6 is 0 Å². The van der Waals surface area contributed by atoms with E-state index >= 15 is 0 Å². The summed E-state index contributed by atoms with van der Waals surface area (Å²) in [5.74, 6) is 0.445. The van der Waals surface area contributed by atoms with Gasteiger partial charge in [0.25, 0.3) is 5.91 Å². The number of rotatable bonds is 2. The van der Waals surface area contributed by atoms with Crippen molar-refractivity contribution < 1.29 is 22.7 Å². The van der Waals surface area contributed by atoms with Gasteiger partial charge in [0.05, 0.1) is 18.1 Å². The third-order valence-corrected chi connectivity index (χ3v) is 4.54. The van der Waals surface area contributed by atoms with Gasteiger partial charge in [0, 0.05) is 19.5 Å². The van der Waals surface area contributed by atoms with Crippen molar-refractivity contribution in [2.75, 3.05) is 26.3 Å². The maximum absolute atomic E-state index is 12.4. The Morgan fingerprint density at radius 3 is 2.67 bits per heavy atom. The molecule has 1 aromatic carbocycles. The van der Waals surface area contributed by atoms with Crippen LogP contribution in [-0.4, -0.2) is 51.6 Å². The highest BCUT2D eigenvalue weighted by molar-refractivity contribution is 7.89. The fraction of sp³-hybridized carbons (Fsp3) is 0.462. The van der Waals surface area contributed by atoms with Crippen molar-refractivity contribution in [2.45, 2.75) is 17.4 Å². The average molecular weight is 312 g/mol. The molecule has 0 aromatic heterocycles. The molecule has 0 radical (unpaired) electrons. The lowest BCUT2D eigenvalue weighted by atomic mass is 10.1. The second-order valence-corrected chi connectivity index (χ2v) is 6.62. The molecule has 1 saturated heterocycles. The van der Waals surface area contributed by atoms with E-state index in [1.165, 1.54) is 12.1 Å². The summed E-state index contributed by atoms with van der Waals surface area (Å²) in [4.78, 5) is 14.1. The van der Waals surface area contributed by atoms with Gasteiger partial charge in [-0.15, -0.1) is 0 Å². The van der Waals surface area contributed by atoms with Crippen LogP contribution in [0.2, 0.25) is 0 Å². The summed E-state index contributed by atoms with van der Waals surface area (Å²) in [7, 11) is -3.75. The van der Waals surface area contributed by atoms with E-state index in [0.29, 0.717) is 44.0 Å². The largest absolute Gasteiger partial charge is 0.480 e. The molecule has 1 fully saturated rings. The van der Waals surface area contributed by atoms with E-state index in [4.69, 9.17) is 14.6 Å². The van der Waals surface area contributed by atoms with Crippen LogP contribution in [0.5, 0.6) is 5.75 Å². The van der Waals surface area contributed by atoms with Crippen LogP contribution in [0.3, 0.4) is 0 Å². The summed E-state index contributed by atoms with van der Waals surface area (Å²) < 4.78 is 33.5. The fourth-order valence-corrected chi connectivity index (χ4v) is 3.09. The standard InChI is InChI=1S/C13H16N2O5S/c14-21(17,18)10-1-2-11-9(7-10)8-12(20-11)13(16)15-3-5-19-6-4-15/h1-2,7,12H,3-6,8H2,(H2,14,17,18). The number of benzene rings is 1. The Kier molecular flexibility index (Phi) is 3.60. The van der Waals surface area contributed by atoms with Crippen LogP contribution in [-0.2, 0) is 26.0 Å². The molecule has 1 aromatic rings. The average Bonchev–Trinajstić information content (AvgIpc) is 2.89. The van der Waals surface area contributed by atoms with E-state index in [1.807, 2.05) is 0 Å². The van der Waals surface area contributed by atoms with E-state index in [-0.39, 0.29) is 10.8 Å². The molecule has 0 saturated carbocycles. The van der Waals surface area contributed by atoms with Crippen LogP contribution < -0.4 is 9.88 Å². The van der Waals surface area contributed by atoms with Gasteiger partial charge in [-0.1, -0.05) is 0 Å². The molecule has 3 rings (SSSR count). The van der Waals surface area contributed by atoms with E-state index in [2.05, 4.69) is 0 Å². The normalized spacial score (nSPS) is 21.8. The Hall–Kier alpha value is -1.64. The predicted octanol–water partition coefficient (Wildman–Crippen LogP) is -0.504. The Morgan fingerprint density at radius 2 is 2.00 bits per heavy atom. The molecule has 21 heavy (non-hydrogen) atoms. The topological polar surface area (TPSA) is 98.9 Å². The summed E-state index contributed by atoms with van der Waals surface area (Å²) in [6.45, 7) is 2.16. The third kappa shape index (κ3) is 2.87. The molecular formula is C13H16N2O5S. The van der Waals surface area contributed by atoms with Crippen LogP contribution in [0.4, 0.5) is 0 Å². The van der Waals surface area contributed by atoms with E-state index in [9.17, 15) is 13.2 Å². The number of carbonyl (C=O) groups excluding carboxylic acids is 1. The number of amides is 1. The maximum atomic E-state index is 12.4. The highest BCUT2D eigenvalue weighted by Gasteiger charge is 2.33. The molecular weight excluding hydrogens is 296 g/mol. The molecule has 2 aliphatic heterocycles. The van der Waals surface area contributed by atoms with Crippen molar-refractivity contribution in [2.24, 2.45) is 5.14 Å². The van der Waals surface area contributed by atoms with Gasteiger partial charge in [-0.3, -0.25) is 4.79 Å². The number of primary sulfonamides is 1. The number of nitrogens with two attached hydrogens (primary N) is 1. The smallest absolute Gasteiger partial charge is 0.264 e. The lowest BCUT2D eigenvalue weighted by Crippen LogP contribution is -2.47. The number of hydrogen-bond acceptors (Lipinski definition) is 5. The predicted molar refractivity (Wildman–Crippen MR) is 73.3 cm³/mol. The molecule has 1 amide bonds. The molecule has 7 nitrogen and oxygen atoms in total. The number of sulfonamides is 1. The van der Waals surface area contributed by atoms with E-state index in [1.54, 1.807) is 11.0 Å². The Morgan fingerprint density at radius 1 is 1.29 bits per heavy atom. The van der Waals surface area contributed by atoms with Gasteiger partial charge < -0.3 is 14.4 Å². The summed E-state index contributed by atoms with van der Waals surface area (Å²) in [6, 6.07) is 4.40. The second kappa shape index (κ2) is 5.28. The quantitative estimate of drug-likeness (QED) is 0.793. The minimum Gasteiger partial charge on any atom is -0.480 e. The highest BCUT2D eigenvalue weighted by atomic mass is 32.2. The van der Waals surface area contributed by atoms with Crippen LogP contribution in [0.25, 0.3) is 0 Å². The fourth-order valence-electron chi connectivity index (χ4n) is 2.53. The molecule has 8 heteroatoms. The number of carbonyl (C=O) groups is 1. The summed E-state index contributed by atoms with van der Waals surface area (Å²) >= 11 is 0. The van der Waals surface area contributed by atoms with Crippen molar-refractivity contribution >= 4 is 15.9 Å². The SMILES string of the molecule is NS(=O)(=O)c1ccc2c(c1)CC(C(=O)N1CCOCC1)O2. The minimum atomic E-state index is -3.75. The van der Waals surface area contributed by atoms with Crippen molar-refractivity contribution in [1.82, 2.24) is 4.90 Å². The number of fused-ring (bicyclic) bond motifs is 1. The number of morpholine rings is 1. The molecule has 1 unspecified atom stereocenters. The first kappa shape index (κ1) is 14.3. The van der Waals surface area contributed by atoms with E-state index < -0.39 is 16.1 Å². The summed E-state index contributed by atoms with van der Waals surface area (Å²) in [5, 5.41) is 5.10. The van der Waals surface area contributed by atoms with Crippen molar-refractivity contribution in [3.63, 3.8) is 0 Å². The van der Waals surface area contributed by atoms with Crippen LogP contribution in [0.1, 0.15) is 5.56 Å². The van der Waals surface area contributed by atoms with Crippen LogP contribution in [0, 0.1) is 0 Å². The van der Waals surface area contributed by atoms with Gasteiger partial charge >= 0.3 is 0 Å². The Balaban J connectivity index is 1.76. The van der Waals surface area contributed by atoms with Crippen molar-refractivity contribution in [3.05, 3.63) is 23.8 Å². The highest BCUT2D eigenvalue weighted by Crippen LogP contribution is 2.31. The monoisotopic (exact) mass is 312 g/mol. The first-order valence-corrected chi connectivity index (χ1v) is 8.19. The van der Waals surface area contributed by atoms with Gasteiger partial charge in [0.15, 0.2) is 6.10 Å². The summed E-state index contributed by atoms with van der Waals surface area (Å²) in [5.41, 5.74) is 0.688. The lowest BCUT2D eigenvalue weighted by Gasteiger charge is -2.28. The van der Waals surface area contributed by atoms with Gasteiger partial charge in [-0.25, -0.2) is 13.6 Å². The third-order valence-electron chi connectivity index (χ3n) is 3.63. The Labute approximate surface area is 122 Å². The first-order valence-electron chi connectivity index (χ1n) is 6.64. The van der Waals surface area contributed by atoms with Crippen LogP contribution in [0.15, 0.2) is 23.1 Å². The first-order chi connectivity index (χ1) is 9.95. The van der Waals surface area contributed by atoms with E-state index in [0.717, 1.165) is 0 Å². The zero-order chi connectivity index (χ0) is 15.0. The maximum Gasteiger partial charge on any atom is 0.264 e. The summed E-state index contributed by atoms with van der Waals surface area (Å²) in [6.07, 6.45) is -0.247. The molecule has 0 bridgehead atoms. The minimum absolute atomic E-state index is 0.0318. The number of nitrogens with zero attached hydrogens (tertiary/aromatic N) is 1. The number of ether oxygens (including phenoxy) is 2. The molecule has 0 spiro atoms. The van der Waals surface area contributed by atoms with Gasteiger partial charge in [-0.05, 0) is 23.8 Å². The molecule has 2 heterocycles. The molecule has 1 atom stereocenters. The zero-order valence-corrected chi connectivity index (χ0v) is 12.1. The van der Waals surface area contributed by atoms with Crippen molar-refractivity contribution in [1.29, 1.82) is 0 Å². The molecule has 2 aliphatic rings. The number of hydrogen-bond donors (Lipinski definition) is 1. The molecule has 0 aliphatic carbocycles. The molecule has 2 N–H and O–H groups in total. The molecule has 114 valence electrons. The van der Waals surface area contributed by atoms with Crippen molar-refractivity contribution in [3.8, 4) is 5.75 Å². The van der Waals surface area contributed by atoms with Gasteiger partial charge in [0.1, 0.15) is 5.75 Å². The zero-order valence-electron chi connectivity index (χ0n) is 11.3. The second-order valence-electron chi connectivity index (χ2n) is 5.06. The Bertz CT molecular complexity index is 667. The van der Waals surface area contributed by atoms with Gasteiger partial charge in [-0.2, -0.15) is 0 Å². The lowest BCUT2D eigenvalue weighted by molar-refractivity contribution is -0.142. The van der Waals surface area contributed by atoms with Gasteiger partial charge in [0.2, 0.25) is 10.0 Å².